The Bertz CT molecular complexity index is 1030. The molecule has 0 amide bonds. The summed E-state index contributed by atoms with van der Waals surface area (Å²) in [7, 11) is 0. The quantitative estimate of drug-likeness (QED) is 0.620. The van der Waals surface area contributed by atoms with Crippen molar-refractivity contribution in [1.29, 1.82) is 0 Å². The number of benzene rings is 1. The van der Waals surface area contributed by atoms with Crippen molar-refractivity contribution in [3.8, 4) is 5.69 Å². The Balaban J connectivity index is 2.76. The highest BCUT2D eigenvalue weighted by molar-refractivity contribution is 6.33. The number of carbonyl (C=O) groups is 1. The Morgan fingerprint density at radius 3 is 2.33 bits per heavy atom. The number of hydrogen-bond donors (Lipinski definition) is 1. The van der Waals surface area contributed by atoms with Crippen LogP contribution in [0, 0.1) is 11.6 Å². The predicted molar refractivity (Wildman–Crippen MR) is 83.1 cm³/mol. The summed E-state index contributed by atoms with van der Waals surface area (Å²) in [6.45, 7) is 2.99. The van der Waals surface area contributed by atoms with Gasteiger partial charge in [-0.15, -0.1) is 0 Å². The van der Waals surface area contributed by atoms with Crippen LogP contribution >= 0.6 is 11.6 Å². The van der Waals surface area contributed by atoms with Crippen molar-refractivity contribution < 1.29 is 31.5 Å². The van der Waals surface area contributed by atoms with Gasteiger partial charge in [0.1, 0.15) is 5.82 Å². The molecular weight excluding hydrogens is 403 g/mol. The summed E-state index contributed by atoms with van der Waals surface area (Å²) in [6.07, 6.45) is -5.96. The van der Waals surface area contributed by atoms with Gasteiger partial charge in [0.2, 0.25) is 5.82 Å². The van der Waals surface area contributed by atoms with E-state index in [0.717, 1.165) is 4.98 Å². The highest BCUT2D eigenvalue weighted by Gasteiger charge is 2.38. The summed E-state index contributed by atoms with van der Waals surface area (Å²) < 4.78 is 70.6. The van der Waals surface area contributed by atoms with E-state index in [2.05, 4.69) is 0 Å². The maximum Gasteiger partial charge on any atom is 0.434 e. The summed E-state index contributed by atoms with van der Waals surface area (Å²) in [4.78, 5) is 36.9. The molecule has 0 atom stereocenters. The Kier molecular flexibility index (Phi) is 5.45. The SMILES string of the molecule is CC(C)OC(=O)c1cc(-n2c(=O)[nH]c(C(F)(F)F)c(F)c2=O)c(F)cc1Cl. The number of hydrogen-bond acceptors (Lipinski definition) is 4. The van der Waals surface area contributed by atoms with Gasteiger partial charge in [-0.2, -0.15) is 17.6 Å². The van der Waals surface area contributed by atoms with Crippen LogP contribution in [0.15, 0.2) is 21.7 Å². The second-order valence-corrected chi connectivity index (χ2v) is 5.90. The van der Waals surface area contributed by atoms with Gasteiger partial charge in [0.05, 0.1) is 22.4 Å². The van der Waals surface area contributed by atoms with Crippen molar-refractivity contribution in [3.63, 3.8) is 0 Å². The zero-order valence-corrected chi connectivity index (χ0v) is 14.3. The smallest absolute Gasteiger partial charge is 0.434 e. The minimum absolute atomic E-state index is 0.220. The van der Waals surface area contributed by atoms with Crippen LogP contribution in [0.1, 0.15) is 29.9 Å². The summed E-state index contributed by atoms with van der Waals surface area (Å²) in [5.74, 6) is -4.75. The summed E-state index contributed by atoms with van der Waals surface area (Å²) >= 11 is 5.73. The molecule has 0 bridgehead atoms. The molecule has 1 aromatic heterocycles. The van der Waals surface area contributed by atoms with Gasteiger partial charge in [0.15, 0.2) is 5.69 Å². The molecular formula is C15H10ClF5N2O4. The third kappa shape index (κ3) is 4.02. The van der Waals surface area contributed by atoms with Crippen LogP contribution in [0.5, 0.6) is 0 Å². The third-order valence-corrected chi connectivity index (χ3v) is 3.48. The zero-order valence-electron chi connectivity index (χ0n) is 13.6. The number of H-pyrrole nitrogens is 1. The Labute approximate surface area is 152 Å². The van der Waals surface area contributed by atoms with Gasteiger partial charge in [-0.1, -0.05) is 11.6 Å². The van der Waals surface area contributed by atoms with E-state index in [1.54, 1.807) is 0 Å². The largest absolute Gasteiger partial charge is 0.459 e. The summed E-state index contributed by atoms with van der Waals surface area (Å²) in [5.41, 5.74) is -7.49. The molecule has 0 saturated carbocycles. The fourth-order valence-corrected chi connectivity index (χ4v) is 2.30. The van der Waals surface area contributed by atoms with Gasteiger partial charge in [0, 0.05) is 0 Å². The standard InChI is InChI=1S/C15H10ClF5N2O4/c1-5(2)27-13(25)6-3-9(8(17)4-7(6)16)23-12(24)10(18)11(15(19,20)21)22-14(23)26/h3-5H,1-2H3,(H,22,26). The van der Waals surface area contributed by atoms with E-state index in [1.807, 2.05) is 0 Å². The molecule has 0 unspecified atom stereocenters. The number of alkyl halides is 3. The van der Waals surface area contributed by atoms with Gasteiger partial charge in [-0.05, 0) is 26.0 Å². The van der Waals surface area contributed by atoms with Crippen LogP contribution < -0.4 is 11.2 Å². The van der Waals surface area contributed by atoms with E-state index in [1.165, 1.54) is 13.8 Å². The first kappa shape index (κ1) is 20.6. The lowest BCUT2D eigenvalue weighted by Crippen LogP contribution is -2.39. The van der Waals surface area contributed by atoms with Gasteiger partial charge in [-0.3, -0.25) is 4.79 Å². The second kappa shape index (κ2) is 7.14. The summed E-state index contributed by atoms with van der Waals surface area (Å²) in [5, 5.41) is -0.446. The van der Waals surface area contributed by atoms with Gasteiger partial charge < -0.3 is 9.72 Å². The van der Waals surface area contributed by atoms with Crippen LogP contribution in [-0.4, -0.2) is 21.6 Å². The monoisotopic (exact) mass is 412 g/mol. The topological polar surface area (TPSA) is 81.2 Å². The second-order valence-electron chi connectivity index (χ2n) is 5.49. The number of carbonyl (C=O) groups excluding carboxylic acids is 1. The lowest BCUT2D eigenvalue weighted by molar-refractivity contribution is -0.144. The Morgan fingerprint density at radius 2 is 1.81 bits per heavy atom. The maximum atomic E-state index is 14.2. The molecule has 1 N–H and O–H groups in total. The molecule has 2 aromatic rings. The number of halogens is 6. The van der Waals surface area contributed by atoms with Crippen molar-refractivity contribution in [2.75, 3.05) is 0 Å². The minimum atomic E-state index is -5.35. The molecule has 146 valence electrons. The van der Waals surface area contributed by atoms with E-state index in [4.69, 9.17) is 16.3 Å². The number of ether oxygens (including phenoxy) is 1. The minimum Gasteiger partial charge on any atom is -0.459 e. The maximum absolute atomic E-state index is 14.2. The van der Waals surface area contributed by atoms with Crippen molar-refractivity contribution in [1.82, 2.24) is 9.55 Å². The molecule has 27 heavy (non-hydrogen) atoms. The van der Waals surface area contributed by atoms with E-state index < -0.39 is 63.1 Å². The molecule has 0 radical (unpaired) electrons. The predicted octanol–water partition coefficient (Wildman–Crippen LogP) is 3.04. The molecule has 1 heterocycles. The molecule has 12 heteroatoms. The fraction of sp³-hybridized carbons (Fsp3) is 0.267. The van der Waals surface area contributed by atoms with Crippen LogP contribution in [0.3, 0.4) is 0 Å². The van der Waals surface area contributed by atoms with Gasteiger partial charge in [0.25, 0.3) is 5.56 Å². The van der Waals surface area contributed by atoms with E-state index in [0.29, 0.717) is 12.1 Å². The zero-order chi connectivity index (χ0) is 20.7. The summed E-state index contributed by atoms with van der Waals surface area (Å²) in [6, 6.07) is 1.14. The van der Waals surface area contributed by atoms with E-state index in [9.17, 15) is 36.3 Å². The normalized spacial score (nSPS) is 11.7. The van der Waals surface area contributed by atoms with Crippen LogP contribution in [-0.2, 0) is 10.9 Å². The number of aromatic nitrogens is 2. The average molecular weight is 413 g/mol. The van der Waals surface area contributed by atoms with Crippen molar-refractivity contribution in [2.24, 2.45) is 0 Å². The first-order valence-corrected chi connectivity index (χ1v) is 7.54. The number of nitrogens with zero attached hydrogens (tertiary/aromatic N) is 1. The Hall–Kier alpha value is -2.69. The molecule has 0 aliphatic heterocycles. The molecule has 0 aliphatic carbocycles. The van der Waals surface area contributed by atoms with Crippen LogP contribution in [0.2, 0.25) is 5.02 Å². The van der Waals surface area contributed by atoms with Crippen molar-refractivity contribution in [2.45, 2.75) is 26.1 Å². The molecule has 6 nitrogen and oxygen atoms in total. The molecule has 0 aliphatic rings. The van der Waals surface area contributed by atoms with Crippen molar-refractivity contribution >= 4 is 17.6 Å². The third-order valence-electron chi connectivity index (χ3n) is 3.17. The first-order valence-electron chi connectivity index (χ1n) is 7.17. The highest BCUT2D eigenvalue weighted by atomic mass is 35.5. The molecule has 2 rings (SSSR count). The molecule has 0 spiro atoms. The lowest BCUT2D eigenvalue weighted by atomic mass is 10.2. The number of rotatable bonds is 3. The van der Waals surface area contributed by atoms with Crippen molar-refractivity contribution in [3.05, 3.63) is 60.9 Å². The van der Waals surface area contributed by atoms with E-state index in [-0.39, 0.29) is 4.57 Å². The Morgan fingerprint density at radius 1 is 1.22 bits per heavy atom. The molecule has 0 fully saturated rings. The fourth-order valence-electron chi connectivity index (χ4n) is 2.07. The van der Waals surface area contributed by atoms with Crippen LogP contribution in [0.25, 0.3) is 5.69 Å². The average Bonchev–Trinajstić information content (AvgIpc) is 2.50. The highest BCUT2D eigenvalue weighted by Crippen LogP contribution is 2.28. The first-order chi connectivity index (χ1) is 12.3. The molecule has 1 aromatic carbocycles. The number of nitrogens with one attached hydrogen (secondary N) is 1. The lowest BCUT2D eigenvalue weighted by Gasteiger charge is -2.13. The van der Waals surface area contributed by atoms with Crippen LogP contribution in [0.4, 0.5) is 22.0 Å². The molecule has 0 saturated heterocycles. The number of esters is 1. The van der Waals surface area contributed by atoms with Gasteiger partial charge >= 0.3 is 17.8 Å². The number of aromatic amines is 1. The van der Waals surface area contributed by atoms with Gasteiger partial charge in [-0.25, -0.2) is 18.5 Å². The van der Waals surface area contributed by atoms with E-state index >= 15 is 0 Å².